The van der Waals surface area contributed by atoms with E-state index >= 15 is 0 Å². The van der Waals surface area contributed by atoms with Crippen LogP contribution in [0.15, 0.2) is 0 Å². The summed E-state index contributed by atoms with van der Waals surface area (Å²) in [4.78, 5) is 11.9. The molecule has 2 N–H and O–H groups in total. The van der Waals surface area contributed by atoms with Crippen molar-refractivity contribution in [2.45, 2.75) is 53.4 Å². The molecule has 2 heteroatoms. The third kappa shape index (κ3) is 3.79. The zero-order chi connectivity index (χ0) is 11.2. The fourth-order valence-electron chi connectivity index (χ4n) is 1.61. The van der Waals surface area contributed by atoms with Gasteiger partial charge in [0, 0.05) is 18.4 Å². The highest BCUT2D eigenvalue weighted by Crippen LogP contribution is 2.25. The molecule has 2 unspecified atom stereocenters. The van der Waals surface area contributed by atoms with Gasteiger partial charge in [-0.1, -0.05) is 40.5 Å². The van der Waals surface area contributed by atoms with Crippen LogP contribution in [0.5, 0.6) is 0 Å². The summed E-state index contributed by atoms with van der Waals surface area (Å²) in [6.45, 7) is 8.79. The molecule has 2 nitrogen and oxygen atoms in total. The van der Waals surface area contributed by atoms with Crippen molar-refractivity contribution < 1.29 is 4.79 Å². The van der Waals surface area contributed by atoms with Gasteiger partial charge in [-0.3, -0.25) is 4.79 Å². The molecule has 0 saturated carbocycles. The molecular weight excluding hydrogens is 174 g/mol. The van der Waals surface area contributed by atoms with Gasteiger partial charge in [-0.25, -0.2) is 0 Å². The molecule has 0 aromatic rings. The topological polar surface area (TPSA) is 43.1 Å². The first-order valence-corrected chi connectivity index (χ1v) is 5.73. The first kappa shape index (κ1) is 13.6. The highest BCUT2D eigenvalue weighted by Gasteiger charge is 2.29. The monoisotopic (exact) mass is 199 g/mol. The van der Waals surface area contributed by atoms with E-state index in [1.165, 1.54) is 0 Å². The zero-order valence-corrected chi connectivity index (χ0v) is 10.1. The molecular formula is C12H25NO. The number of nitrogens with two attached hydrogens (primary N) is 1. The Morgan fingerprint density at radius 1 is 1.43 bits per heavy atom. The van der Waals surface area contributed by atoms with E-state index in [2.05, 4.69) is 13.8 Å². The zero-order valence-electron chi connectivity index (χ0n) is 10.1. The number of hydrogen-bond donors (Lipinski definition) is 1. The molecule has 0 aromatic carbocycles. The minimum atomic E-state index is -0.290. The average molecular weight is 199 g/mol. The Kier molecular flexibility index (Phi) is 6.01. The lowest BCUT2D eigenvalue weighted by Crippen LogP contribution is -2.36. The highest BCUT2D eigenvalue weighted by molar-refractivity contribution is 5.84. The molecule has 0 bridgehead atoms. The van der Waals surface area contributed by atoms with Crippen LogP contribution >= 0.6 is 0 Å². The maximum absolute atomic E-state index is 11.9. The maximum Gasteiger partial charge on any atom is 0.140 e. The van der Waals surface area contributed by atoms with E-state index in [0.29, 0.717) is 24.7 Å². The van der Waals surface area contributed by atoms with Gasteiger partial charge in [0.15, 0.2) is 0 Å². The molecule has 84 valence electrons. The van der Waals surface area contributed by atoms with Crippen LogP contribution in [0.3, 0.4) is 0 Å². The second-order valence-corrected chi connectivity index (χ2v) is 4.64. The summed E-state index contributed by atoms with van der Waals surface area (Å²) in [5, 5.41) is 0. The van der Waals surface area contributed by atoms with Crippen LogP contribution in [0.4, 0.5) is 0 Å². The minimum Gasteiger partial charge on any atom is -0.329 e. The number of carbonyl (C=O) groups is 1. The Hall–Kier alpha value is -0.370. The largest absolute Gasteiger partial charge is 0.329 e. The van der Waals surface area contributed by atoms with E-state index in [4.69, 9.17) is 5.73 Å². The lowest BCUT2D eigenvalue weighted by atomic mass is 9.79. The Bertz CT molecular complexity index is 173. The second kappa shape index (κ2) is 6.18. The maximum atomic E-state index is 11.9. The molecule has 0 saturated heterocycles. The van der Waals surface area contributed by atoms with Gasteiger partial charge < -0.3 is 5.73 Å². The van der Waals surface area contributed by atoms with Crippen LogP contribution in [-0.4, -0.2) is 12.3 Å². The Labute approximate surface area is 88.3 Å². The Morgan fingerprint density at radius 3 is 2.36 bits per heavy atom. The van der Waals surface area contributed by atoms with Gasteiger partial charge in [0.05, 0.1) is 0 Å². The van der Waals surface area contributed by atoms with E-state index in [-0.39, 0.29) is 5.41 Å². The van der Waals surface area contributed by atoms with Crippen LogP contribution in [0.25, 0.3) is 0 Å². The molecule has 0 aliphatic carbocycles. The van der Waals surface area contributed by atoms with Crippen molar-refractivity contribution in [2.75, 3.05) is 6.54 Å². The summed E-state index contributed by atoms with van der Waals surface area (Å²) in [6, 6.07) is 0. The number of rotatable bonds is 7. The van der Waals surface area contributed by atoms with Crippen molar-refractivity contribution in [1.82, 2.24) is 0 Å². The number of Topliss-reactive ketones (excluding diaryl/α,β-unsaturated/α-hetero) is 1. The van der Waals surface area contributed by atoms with E-state index in [1.54, 1.807) is 0 Å². The summed E-state index contributed by atoms with van der Waals surface area (Å²) in [7, 11) is 0. The van der Waals surface area contributed by atoms with Crippen LogP contribution in [0.2, 0.25) is 0 Å². The van der Waals surface area contributed by atoms with Gasteiger partial charge in [0.1, 0.15) is 5.78 Å². The normalized spacial score (nSPS) is 17.5. The molecule has 0 radical (unpaired) electrons. The highest BCUT2D eigenvalue weighted by atomic mass is 16.1. The molecule has 2 atom stereocenters. The smallest absolute Gasteiger partial charge is 0.140 e. The summed E-state index contributed by atoms with van der Waals surface area (Å²) >= 11 is 0. The van der Waals surface area contributed by atoms with Crippen molar-refractivity contribution in [3.05, 3.63) is 0 Å². The lowest BCUT2D eigenvalue weighted by Gasteiger charge is -2.26. The van der Waals surface area contributed by atoms with Crippen LogP contribution in [0.1, 0.15) is 53.4 Å². The van der Waals surface area contributed by atoms with Crippen molar-refractivity contribution in [2.24, 2.45) is 17.1 Å². The summed E-state index contributed by atoms with van der Waals surface area (Å²) in [6.07, 6.45) is 3.83. The summed E-state index contributed by atoms with van der Waals surface area (Å²) in [5.41, 5.74) is 5.36. The van der Waals surface area contributed by atoms with E-state index < -0.39 is 0 Å². The first-order valence-electron chi connectivity index (χ1n) is 5.73. The third-order valence-electron chi connectivity index (χ3n) is 3.22. The number of ketones is 1. The van der Waals surface area contributed by atoms with Crippen molar-refractivity contribution in [1.29, 1.82) is 0 Å². The van der Waals surface area contributed by atoms with Crippen molar-refractivity contribution in [3.63, 3.8) is 0 Å². The summed E-state index contributed by atoms with van der Waals surface area (Å²) < 4.78 is 0. The number of carbonyl (C=O) groups excluding carboxylic acids is 1. The molecule has 14 heavy (non-hydrogen) atoms. The number of hydrogen-bond acceptors (Lipinski definition) is 2. The fourth-order valence-corrected chi connectivity index (χ4v) is 1.61. The second-order valence-electron chi connectivity index (χ2n) is 4.64. The predicted octanol–water partition coefficient (Wildman–Crippen LogP) is 2.76. The third-order valence-corrected chi connectivity index (χ3v) is 3.22. The molecule has 0 spiro atoms. The van der Waals surface area contributed by atoms with Gasteiger partial charge in [-0.2, -0.15) is 0 Å². The Balaban J connectivity index is 4.18. The molecule has 0 amide bonds. The van der Waals surface area contributed by atoms with Gasteiger partial charge in [0.25, 0.3) is 0 Å². The predicted molar refractivity (Wildman–Crippen MR) is 61.1 cm³/mol. The van der Waals surface area contributed by atoms with Crippen molar-refractivity contribution in [3.8, 4) is 0 Å². The van der Waals surface area contributed by atoms with Crippen LogP contribution in [-0.2, 0) is 4.79 Å². The first-order chi connectivity index (χ1) is 6.50. The quantitative estimate of drug-likeness (QED) is 0.685. The Morgan fingerprint density at radius 2 is 2.00 bits per heavy atom. The van der Waals surface area contributed by atoms with Gasteiger partial charge in [0.2, 0.25) is 0 Å². The van der Waals surface area contributed by atoms with Crippen molar-refractivity contribution >= 4 is 5.78 Å². The average Bonchev–Trinajstić information content (AvgIpc) is 2.16. The van der Waals surface area contributed by atoms with Crippen LogP contribution in [0, 0.1) is 11.3 Å². The van der Waals surface area contributed by atoms with Crippen LogP contribution < -0.4 is 5.73 Å². The molecule has 0 fully saturated rings. The summed E-state index contributed by atoms with van der Waals surface area (Å²) in [5.74, 6) is 0.841. The van der Waals surface area contributed by atoms with Gasteiger partial charge in [-0.15, -0.1) is 0 Å². The SMILES string of the molecule is CCCC(C)CC(=O)C(C)(CC)CN. The van der Waals surface area contributed by atoms with E-state index in [0.717, 1.165) is 19.3 Å². The molecule has 0 rings (SSSR count). The molecule has 0 heterocycles. The van der Waals surface area contributed by atoms with E-state index in [9.17, 15) is 4.79 Å². The lowest BCUT2D eigenvalue weighted by molar-refractivity contribution is -0.128. The minimum absolute atomic E-state index is 0.290. The fraction of sp³-hybridized carbons (Fsp3) is 0.917. The van der Waals surface area contributed by atoms with E-state index in [1.807, 2.05) is 13.8 Å². The van der Waals surface area contributed by atoms with Gasteiger partial charge >= 0.3 is 0 Å². The standard InChI is InChI=1S/C12H25NO/c1-5-7-10(3)8-11(14)12(4,6-2)9-13/h10H,5-9,13H2,1-4H3. The molecule has 0 aromatic heterocycles. The molecule has 0 aliphatic rings. The molecule has 0 aliphatic heterocycles. The van der Waals surface area contributed by atoms with Gasteiger partial charge in [-0.05, 0) is 12.3 Å².